The molecule has 3 aromatic rings. The van der Waals surface area contributed by atoms with E-state index in [9.17, 15) is 14.4 Å². The van der Waals surface area contributed by atoms with E-state index < -0.39 is 47.8 Å². The minimum Gasteiger partial charge on any atom is -0.454 e. The Kier molecular flexibility index (Phi) is 8.40. The Bertz CT molecular complexity index is 1170. The molecule has 3 aromatic carbocycles. The summed E-state index contributed by atoms with van der Waals surface area (Å²) in [5.74, 6) is -1.81. The second-order valence-electron chi connectivity index (χ2n) is 8.19. The van der Waals surface area contributed by atoms with Gasteiger partial charge in [-0.3, -0.25) is 4.79 Å². The molecule has 1 aliphatic rings. The zero-order chi connectivity index (χ0) is 25.5. The molecule has 1 fully saturated rings. The quantitative estimate of drug-likeness (QED) is 0.330. The van der Waals surface area contributed by atoms with E-state index in [0.29, 0.717) is 11.1 Å². The number of thioether (sulfide) groups is 1. The van der Waals surface area contributed by atoms with Gasteiger partial charge in [-0.25, -0.2) is 9.59 Å². The van der Waals surface area contributed by atoms with Crippen molar-refractivity contribution in [1.29, 1.82) is 0 Å². The van der Waals surface area contributed by atoms with Crippen molar-refractivity contribution in [3.8, 4) is 0 Å². The summed E-state index contributed by atoms with van der Waals surface area (Å²) in [6.07, 6.45) is -3.82. The monoisotopic (exact) mass is 506 g/mol. The van der Waals surface area contributed by atoms with Gasteiger partial charge in [-0.2, -0.15) is 0 Å². The van der Waals surface area contributed by atoms with Crippen LogP contribution in [-0.4, -0.2) is 47.8 Å². The Morgan fingerprint density at radius 2 is 1.14 bits per heavy atom. The topological polar surface area (TPSA) is 88.1 Å². The van der Waals surface area contributed by atoms with Crippen molar-refractivity contribution in [3.63, 3.8) is 0 Å². The average molecular weight is 507 g/mol. The third kappa shape index (κ3) is 6.33. The van der Waals surface area contributed by atoms with Gasteiger partial charge in [0.1, 0.15) is 5.44 Å². The first kappa shape index (κ1) is 25.5. The van der Waals surface area contributed by atoms with Crippen LogP contribution >= 0.6 is 11.8 Å². The third-order valence-electron chi connectivity index (χ3n) is 5.53. The Hall–Kier alpha value is -3.62. The number of ether oxygens (including phenoxy) is 4. The van der Waals surface area contributed by atoms with E-state index in [1.807, 2.05) is 30.3 Å². The molecule has 1 heterocycles. The van der Waals surface area contributed by atoms with Gasteiger partial charge in [0, 0.05) is 11.8 Å². The second kappa shape index (κ2) is 11.9. The SMILES string of the molecule is CC(=O)O[C@H]1C(OC(=O)c2ccccc2)[C@H](Sc2ccccc2)OC(C)[C@@H]1OC(=O)c1ccccc1. The maximum absolute atomic E-state index is 13.0. The molecule has 0 aliphatic carbocycles. The van der Waals surface area contributed by atoms with E-state index in [1.165, 1.54) is 18.7 Å². The molecule has 1 aliphatic heterocycles. The standard InChI is InChI=1S/C28H26O7S/c1-18-23(34-26(30)20-12-6-3-7-13-20)24(33-19(2)29)25(35-27(31)21-14-8-4-9-15-21)28(32-18)36-22-16-10-5-11-17-22/h3-18,23-25,28H,1-2H3/t18?,23-,24+,25?,28-/m0/s1. The molecule has 5 atom stereocenters. The van der Waals surface area contributed by atoms with Crippen molar-refractivity contribution < 1.29 is 33.3 Å². The number of hydrogen-bond donors (Lipinski definition) is 0. The summed E-state index contributed by atoms with van der Waals surface area (Å²) in [6.45, 7) is 2.98. The molecule has 36 heavy (non-hydrogen) atoms. The summed E-state index contributed by atoms with van der Waals surface area (Å²) in [5.41, 5.74) is -0.0602. The minimum absolute atomic E-state index is 0.332. The minimum atomic E-state index is -1.09. The van der Waals surface area contributed by atoms with Crippen LogP contribution in [0.3, 0.4) is 0 Å². The predicted octanol–water partition coefficient (Wildman–Crippen LogP) is 4.91. The van der Waals surface area contributed by atoms with Crippen LogP contribution in [0.15, 0.2) is 95.9 Å². The maximum atomic E-state index is 13.0. The van der Waals surface area contributed by atoms with Crippen molar-refractivity contribution in [2.75, 3.05) is 0 Å². The highest BCUT2D eigenvalue weighted by Gasteiger charge is 2.51. The molecule has 2 unspecified atom stereocenters. The van der Waals surface area contributed by atoms with E-state index in [2.05, 4.69) is 0 Å². The normalized spacial score (nSPS) is 23.3. The van der Waals surface area contributed by atoms with E-state index in [0.717, 1.165) is 4.90 Å². The largest absolute Gasteiger partial charge is 0.454 e. The number of carbonyl (C=O) groups excluding carboxylic acids is 3. The van der Waals surface area contributed by atoms with Gasteiger partial charge in [-0.1, -0.05) is 66.4 Å². The highest BCUT2D eigenvalue weighted by Crippen LogP contribution is 2.37. The summed E-state index contributed by atoms with van der Waals surface area (Å²) in [7, 11) is 0. The van der Waals surface area contributed by atoms with Crippen molar-refractivity contribution in [1.82, 2.24) is 0 Å². The summed E-state index contributed by atoms with van der Waals surface area (Å²) in [4.78, 5) is 38.9. The molecular formula is C28H26O7S. The highest BCUT2D eigenvalue weighted by atomic mass is 32.2. The molecule has 7 nitrogen and oxygen atoms in total. The van der Waals surface area contributed by atoms with E-state index in [-0.39, 0.29) is 0 Å². The highest BCUT2D eigenvalue weighted by molar-refractivity contribution is 7.99. The van der Waals surface area contributed by atoms with E-state index in [4.69, 9.17) is 18.9 Å². The molecular weight excluding hydrogens is 480 g/mol. The fourth-order valence-corrected chi connectivity index (χ4v) is 5.00. The van der Waals surface area contributed by atoms with Gasteiger partial charge in [-0.05, 0) is 43.3 Å². The third-order valence-corrected chi connectivity index (χ3v) is 6.69. The fraction of sp³-hybridized carbons (Fsp3) is 0.250. The Morgan fingerprint density at radius 3 is 1.64 bits per heavy atom. The van der Waals surface area contributed by atoms with Gasteiger partial charge in [0.25, 0.3) is 0 Å². The van der Waals surface area contributed by atoms with Gasteiger partial charge in [-0.15, -0.1) is 0 Å². The van der Waals surface area contributed by atoms with Gasteiger partial charge in [0.2, 0.25) is 0 Å². The van der Waals surface area contributed by atoms with Crippen LogP contribution in [0.5, 0.6) is 0 Å². The Morgan fingerprint density at radius 1 is 0.667 bits per heavy atom. The fourth-order valence-electron chi connectivity index (χ4n) is 3.85. The first-order valence-electron chi connectivity index (χ1n) is 11.5. The van der Waals surface area contributed by atoms with Gasteiger partial charge < -0.3 is 18.9 Å². The van der Waals surface area contributed by atoms with Crippen molar-refractivity contribution in [2.24, 2.45) is 0 Å². The molecule has 8 heteroatoms. The Balaban J connectivity index is 1.66. The lowest BCUT2D eigenvalue weighted by atomic mass is 9.99. The Labute approximate surface area is 213 Å². The summed E-state index contributed by atoms with van der Waals surface area (Å²) in [5, 5.41) is 0. The second-order valence-corrected chi connectivity index (χ2v) is 9.36. The first-order valence-corrected chi connectivity index (χ1v) is 12.4. The summed E-state index contributed by atoms with van der Waals surface area (Å²) < 4.78 is 23.5. The zero-order valence-corrected chi connectivity index (χ0v) is 20.6. The van der Waals surface area contributed by atoms with E-state index >= 15 is 0 Å². The van der Waals surface area contributed by atoms with Crippen LogP contribution in [-0.2, 0) is 23.7 Å². The van der Waals surface area contributed by atoms with Crippen LogP contribution < -0.4 is 0 Å². The lowest BCUT2D eigenvalue weighted by molar-refractivity contribution is -0.211. The molecule has 0 saturated carbocycles. The van der Waals surface area contributed by atoms with Gasteiger partial charge in [0.05, 0.1) is 17.2 Å². The average Bonchev–Trinajstić information content (AvgIpc) is 2.89. The molecule has 186 valence electrons. The van der Waals surface area contributed by atoms with Crippen LogP contribution in [0.4, 0.5) is 0 Å². The molecule has 0 aromatic heterocycles. The summed E-state index contributed by atoms with van der Waals surface area (Å²) in [6, 6.07) is 26.4. The lowest BCUT2D eigenvalue weighted by Gasteiger charge is -2.43. The molecule has 0 amide bonds. The molecule has 0 spiro atoms. The molecule has 0 N–H and O–H groups in total. The molecule has 1 saturated heterocycles. The maximum Gasteiger partial charge on any atom is 0.338 e. The van der Waals surface area contributed by atoms with E-state index in [1.54, 1.807) is 67.6 Å². The van der Waals surface area contributed by atoms with Crippen LogP contribution in [0.2, 0.25) is 0 Å². The van der Waals surface area contributed by atoms with Crippen molar-refractivity contribution in [2.45, 2.75) is 48.6 Å². The number of rotatable bonds is 7. The van der Waals surface area contributed by atoms with Crippen molar-refractivity contribution in [3.05, 3.63) is 102 Å². The van der Waals surface area contributed by atoms with Crippen LogP contribution in [0.25, 0.3) is 0 Å². The zero-order valence-electron chi connectivity index (χ0n) is 19.8. The molecule has 0 radical (unpaired) electrons. The molecule has 0 bridgehead atoms. The van der Waals surface area contributed by atoms with Gasteiger partial charge >= 0.3 is 17.9 Å². The number of hydrogen-bond acceptors (Lipinski definition) is 8. The first-order chi connectivity index (χ1) is 17.4. The smallest absolute Gasteiger partial charge is 0.338 e. The van der Waals surface area contributed by atoms with Crippen molar-refractivity contribution >= 4 is 29.7 Å². The summed E-state index contributed by atoms with van der Waals surface area (Å²) >= 11 is 1.33. The van der Waals surface area contributed by atoms with Crippen LogP contribution in [0, 0.1) is 0 Å². The lowest BCUT2D eigenvalue weighted by Crippen LogP contribution is -2.59. The number of esters is 3. The van der Waals surface area contributed by atoms with Gasteiger partial charge in [0.15, 0.2) is 18.3 Å². The number of benzene rings is 3. The number of carbonyl (C=O) groups is 3. The molecule has 4 rings (SSSR count). The van der Waals surface area contributed by atoms with Crippen LogP contribution in [0.1, 0.15) is 34.6 Å². The predicted molar refractivity (Wildman–Crippen MR) is 133 cm³/mol.